The van der Waals surface area contributed by atoms with Gasteiger partial charge in [-0.1, -0.05) is 12.1 Å². The average Bonchev–Trinajstić information content (AvgIpc) is 3.26. The van der Waals surface area contributed by atoms with Gasteiger partial charge in [-0.05, 0) is 35.0 Å². The Bertz CT molecular complexity index is 873. The van der Waals surface area contributed by atoms with Gasteiger partial charge < -0.3 is 4.90 Å². The van der Waals surface area contributed by atoms with Crippen molar-refractivity contribution in [2.24, 2.45) is 4.99 Å². The van der Waals surface area contributed by atoms with Crippen molar-refractivity contribution in [3.8, 4) is 0 Å². The minimum Gasteiger partial charge on any atom is -0.318 e. The molecule has 0 saturated heterocycles. The molecule has 3 aromatic rings. The summed E-state index contributed by atoms with van der Waals surface area (Å²) in [4.78, 5) is 18.6. The molecule has 2 aromatic heterocycles. The summed E-state index contributed by atoms with van der Waals surface area (Å²) in [6.07, 6.45) is 1.79. The molecule has 4 rings (SSSR count). The van der Waals surface area contributed by atoms with Gasteiger partial charge in [0.25, 0.3) is 5.69 Å². The van der Waals surface area contributed by atoms with Crippen molar-refractivity contribution in [2.75, 3.05) is 4.90 Å². The first kappa shape index (κ1) is 14.1. The van der Waals surface area contributed by atoms with Gasteiger partial charge in [-0.3, -0.25) is 10.1 Å². The van der Waals surface area contributed by atoms with Crippen LogP contribution in [0.25, 0.3) is 0 Å². The average molecular weight is 341 g/mol. The van der Waals surface area contributed by atoms with Crippen molar-refractivity contribution in [3.05, 3.63) is 68.2 Å². The van der Waals surface area contributed by atoms with Crippen LogP contribution in [0.3, 0.4) is 0 Å². The molecule has 0 fully saturated rings. The highest BCUT2D eigenvalue weighted by Gasteiger charge is 2.31. The number of nitro benzene ring substituents is 1. The number of nitrogens with zero attached hydrogens (tertiary/aromatic N) is 3. The van der Waals surface area contributed by atoms with Crippen molar-refractivity contribution in [1.29, 1.82) is 0 Å². The maximum absolute atomic E-state index is 11.3. The first-order valence-corrected chi connectivity index (χ1v) is 8.69. The third-order valence-electron chi connectivity index (χ3n) is 3.65. The lowest BCUT2D eigenvalue weighted by Gasteiger charge is -2.33. The molecule has 0 bridgehead atoms. The van der Waals surface area contributed by atoms with E-state index < -0.39 is 0 Å². The molecule has 5 nitrogen and oxygen atoms in total. The van der Waals surface area contributed by atoms with Gasteiger partial charge in [0.2, 0.25) is 0 Å². The van der Waals surface area contributed by atoms with Crippen LogP contribution >= 0.6 is 22.7 Å². The highest BCUT2D eigenvalue weighted by atomic mass is 32.1. The number of aliphatic imine (C=N–C) groups is 1. The third kappa shape index (κ3) is 2.34. The number of hydrogen-bond acceptors (Lipinski definition) is 6. The SMILES string of the molecule is O=[N+]([O-])c1cccc2c1N=CC(c1cccs1)N2c1cccs1. The zero-order chi connectivity index (χ0) is 15.8. The second kappa shape index (κ2) is 5.60. The molecule has 1 aliphatic rings. The minimum atomic E-state index is -0.381. The van der Waals surface area contributed by atoms with E-state index in [0.29, 0.717) is 5.69 Å². The number of fused-ring (bicyclic) bond motifs is 1. The van der Waals surface area contributed by atoms with Gasteiger partial charge in [0.1, 0.15) is 6.04 Å². The Labute approximate surface area is 140 Å². The fourth-order valence-corrected chi connectivity index (χ4v) is 4.23. The standard InChI is InChI=1S/C16H11N3O2S2/c20-19(21)12-5-1-4-11-16(12)17-10-13(14-6-2-8-22-14)18(11)15-7-3-9-23-15/h1-10,13H. The minimum absolute atomic E-state index is 0.0323. The van der Waals surface area contributed by atoms with Crippen LogP contribution in [0, 0.1) is 10.1 Å². The molecule has 1 aromatic carbocycles. The highest BCUT2D eigenvalue weighted by Crippen LogP contribution is 2.48. The molecular formula is C16H11N3O2S2. The van der Waals surface area contributed by atoms with E-state index in [2.05, 4.69) is 16.0 Å². The summed E-state index contributed by atoms with van der Waals surface area (Å²) in [5.74, 6) is 0. The molecule has 0 aliphatic carbocycles. The monoisotopic (exact) mass is 341 g/mol. The first-order chi connectivity index (χ1) is 11.3. The van der Waals surface area contributed by atoms with Gasteiger partial charge in [0.15, 0.2) is 5.69 Å². The molecular weight excluding hydrogens is 330 g/mol. The summed E-state index contributed by atoms with van der Waals surface area (Å²) in [6.45, 7) is 0. The van der Waals surface area contributed by atoms with Crippen LogP contribution in [0.2, 0.25) is 0 Å². The molecule has 3 heterocycles. The molecule has 114 valence electrons. The van der Waals surface area contributed by atoms with Crippen molar-refractivity contribution >= 4 is 51.0 Å². The van der Waals surface area contributed by atoms with Crippen LogP contribution < -0.4 is 4.90 Å². The smallest absolute Gasteiger partial charge is 0.296 e. The maximum Gasteiger partial charge on any atom is 0.296 e. The van der Waals surface area contributed by atoms with E-state index in [0.717, 1.165) is 15.6 Å². The van der Waals surface area contributed by atoms with E-state index in [4.69, 9.17) is 0 Å². The third-order valence-corrected chi connectivity index (χ3v) is 5.46. The van der Waals surface area contributed by atoms with E-state index in [1.54, 1.807) is 35.0 Å². The van der Waals surface area contributed by atoms with Crippen LogP contribution in [-0.4, -0.2) is 11.1 Å². The maximum atomic E-state index is 11.3. The van der Waals surface area contributed by atoms with E-state index in [1.165, 1.54) is 6.07 Å². The number of thiophene rings is 2. The lowest BCUT2D eigenvalue weighted by molar-refractivity contribution is -0.384. The summed E-state index contributed by atoms with van der Waals surface area (Å²) in [5, 5.41) is 16.4. The topological polar surface area (TPSA) is 58.7 Å². The van der Waals surface area contributed by atoms with Crippen molar-refractivity contribution in [1.82, 2.24) is 0 Å². The molecule has 0 N–H and O–H groups in total. The highest BCUT2D eigenvalue weighted by molar-refractivity contribution is 7.14. The Morgan fingerprint density at radius 1 is 1.09 bits per heavy atom. The van der Waals surface area contributed by atoms with Gasteiger partial charge in [0.05, 0.1) is 15.6 Å². The second-order valence-electron chi connectivity index (χ2n) is 4.96. The van der Waals surface area contributed by atoms with Crippen molar-refractivity contribution < 1.29 is 4.92 Å². The van der Waals surface area contributed by atoms with E-state index >= 15 is 0 Å². The van der Waals surface area contributed by atoms with Crippen molar-refractivity contribution in [2.45, 2.75) is 6.04 Å². The van der Waals surface area contributed by atoms with Gasteiger partial charge in [-0.25, -0.2) is 4.99 Å². The van der Waals surface area contributed by atoms with Crippen LogP contribution in [0.1, 0.15) is 10.9 Å². The largest absolute Gasteiger partial charge is 0.318 e. The van der Waals surface area contributed by atoms with E-state index in [9.17, 15) is 10.1 Å². The van der Waals surface area contributed by atoms with Gasteiger partial charge in [0, 0.05) is 17.2 Å². The van der Waals surface area contributed by atoms with Gasteiger partial charge >= 0.3 is 0 Å². The molecule has 1 unspecified atom stereocenters. The van der Waals surface area contributed by atoms with Crippen LogP contribution in [0.15, 0.2) is 58.2 Å². The molecule has 0 spiro atoms. The predicted molar refractivity (Wildman–Crippen MR) is 94.8 cm³/mol. The van der Waals surface area contributed by atoms with Gasteiger partial charge in [-0.2, -0.15) is 0 Å². The predicted octanol–water partition coefficient (Wildman–Crippen LogP) is 5.31. The second-order valence-corrected chi connectivity index (χ2v) is 6.87. The normalized spacial score (nSPS) is 16.3. The number of anilines is 2. The lowest BCUT2D eigenvalue weighted by Crippen LogP contribution is -2.26. The molecule has 0 radical (unpaired) electrons. The Morgan fingerprint density at radius 3 is 2.61 bits per heavy atom. The van der Waals surface area contributed by atoms with Crippen LogP contribution in [0.5, 0.6) is 0 Å². The summed E-state index contributed by atoms with van der Waals surface area (Å²) in [5.41, 5.74) is 1.21. The first-order valence-electron chi connectivity index (χ1n) is 6.93. The number of rotatable bonds is 3. The molecule has 1 aliphatic heterocycles. The Kier molecular flexibility index (Phi) is 3.44. The summed E-state index contributed by atoms with van der Waals surface area (Å²) >= 11 is 3.26. The zero-order valence-electron chi connectivity index (χ0n) is 11.8. The number of para-hydroxylation sites is 1. The summed E-state index contributed by atoms with van der Waals surface area (Å²) < 4.78 is 0. The number of benzene rings is 1. The summed E-state index contributed by atoms with van der Waals surface area (Å²) in [7, 11) is 0. The van der Waals surface area contributed by atoms with Crippen LogP contribution in [-0.2, 0) is 0 Å². The van der Waals surface area contributed by atoms with E-state index in [-0.39, 0.29) is 16.7 Å². The molecule has 7 heteroatoms. The molecule has 0 amide bonds. The Hall–Kier alpha value is -2.51. The fraction of sp³-hybridized carbons (Fsp3) is 0.0625. The van der Waals surface area contributed by atoms with Crippen molar-refractivity contribution in [3.63, 3.8) is 0 Å². The lowest BCUT2D eigenvalue weighted by atomic mass is 10.1. The molecule has 0 saturated carbocycles. The van der Waals surface area contributed by atoms with E-state index in [1.807, 2.05) is 35.0 Å². The number of nitro groups is 1. The quantitative estimate of drug-likeness (QED) is 0.479. The van der Waals surface area contributed by atoms with Crippen LogP contribution in [0.4, 0.5) is 22.1 Å². The zero-order valence-corrected chi connectivity index (χ0v) is 13.5. The van der Waals surface area contributed by atoms with Gasteiger partial charge in [-0.15, -0.1) is 22.7 Å². The fourth-order valence-electron chi connectivity index (χ4n) is 2.68. The Balaban J connectivity index is 1.92. The molecule has 23 heavy (non-hydrogen) atoms. The number of hydrogen-bond donors (Lipinski definition) is 0. The summed E-state index contributed by atoms with van der Waals surface area (Å²) in [6, 6.07) is 13.1. The Morgan fingerprint density at radius 2 is 1.91 bits per heavy atom. The molecule has 1 atom stereocenters.